The summed E-state index contributed by atoms with van der Waals surface area (Å²) < 4.78 is 16.1. The predicted molar refractivity (Wildman–Crippen MR) is 109 cm³/mol. The number of hydrogen-bond donors (Lipinski definition) is 1. The maximum absolute atomic E-state index is 12.2. The van der Waals surface area contributed by atoms with Gasteiger partial charge in [0.15, 0.2) is 11.5 Å². The van der Waals surface area contributed by atoms with Crippen LogP contribution in [0.3, 0.4) is 0 Å². The zero-order chi connectivity index (χ0) is 20.4. The molecule has 0 aliphatic rings. The molecule has 0 radical (unpaired) electrons. The molecule has 2 rings (SSSR count). The molecule has 0 aliphatic heterocycles. The molecule has 0 heterocycles. The average molecular weight is 383 g/mol. The topological polar surface area (TPSA) is 73.9 Å². The highest BCUT2D eigenvalue weighted by Crippen LogP contribution is 2.29. The molecule has 0 bridgehead atoms. The van der Waals surface area contributed by atoms with Crippen LogP contribution >= 0.6 is 0 Å². The summed E-state index contributed by atoms with van der Waals surface area (Å²) in [4.78, 5) is 24.0. The first-order valence-electron chi connectivity index (χ1n) is 9.23. The van der Waals surface area contributed by atoms with Crippen LogP contribution in [0.15, 0.2) is 48.5 Å². The third-order valence-corrected chi connectivity index (χ3v) is 3.64. The number of hydrogen-bond acceptors (Lipinski definition) is 5. The second-order valence-corrected chi connectivity index (χ2v) is 5.70. The number of rotatable bonds is 9. The number of benzene rings is 2. The molecule has 0 fully saturated rings. The Morgan fingerprint density at radius 2 is 1.68 bits per heavy atom. The first kappa shape index (κ1) is 21.0. The van der Waals surface area contributed by atoms with E-state index in [0.29, 0.717) is 42.6 Å². The summed E-state index contributed by atoms with van der Waals surface area (Å²) in [5.41, 5.74) is 1.71. The van der Waals surface area contributed by atoms with Crippen molar-refractivity contribution in [1.29, 1.82) is 0 Å². The van der Waals surface area contributed by atoms with Gasteiger partial charge >= 0.3 is 5.97 Å². The van der Waals surface area contributed by atoms with Crippen LogP contribution in [0, 0.1) is 0 Å². The van der Waals surface area contributed by atoms with Crippen molar-refractivity contribution >= 4 is 23.6 Å². The van der Waals surface area contributed by atoms with Gasteiger partial charge in [-0.3, -0.25) is 4.79 Å². The fraction of sp³-hybridized carbons (Fsp3) is 0.273. The lowest BCUT2D eigenvalue weighted by atomic mass is 10.1. The van der Waals surface area contributed by atoms with Crippen LogP contribution in [-0.2, 0) is 9.53 Å². The lowest BCUT2D eigenvalue weighted by Crippen LogP contribution is -2.09. The highest BCUT2D eigenvalue weighted by Gasteiger charge is 2.08. The van der Waals surface area contributed by atoms with Crippen molar-refractivity contribution in [2.24, 2.45) is 0 Å². The van der Waals surface area contributed by atoms with Gasteiger partial charge in [0.25, 0.3) is 0 Å². The zero-order valence-electron chi connectivity index (χ0n) is 16.4. The Balaban J connectivity index is 2.06. The van der Waals surface area contributed by atoms with Crippen molar-refractivity contribution in [2.75, 3.05) is 25.1 Å². The molecule has 6 heteroatoms. The molecule has 0 saturated heterocycles. The molecule has 0 saturated carbocycles. The first-order valence-corrected chi connectivity index (χ1v) is 9.23. The number of nitrogens with one attached hydrogen (secondary N) is 1. The van der Waals surface area contributed by atoms with Gasteiger partial charge in [-0.05, 0) is 62.7 Å². The Hall–Kier alpha value is -3.28. The summed E-state index contributed by atoms with van der Waals surface area (Å²) >= 11 is 0. The first-order chi connectivity index (χ1) is 13.6. The van der Waals surface area contributed by atoms with E-state index < -0.39 is 5.97 Å². The Morgan fingerprint density at radius 1 is 0.929 bits per heavy atom. The normalized spacial score (nSPS) is 10.5. The largest absolute Gasteiger partial charge is 0.490 e. The van der Waals surface area contributed by atoms with E-state index in [1.165, 1.54) is 6.08 Å². The smallest absolute Gasteiger partial charge is 0.338 e. The number of carbonyl (C=O) groups excluding carboxylic acids is 2. The minimum atomic E-state index is -0.424. The van der Waals surface area contributed by atoms with Gasteiger partial charge in [-0.15, -0.1) is 0 Å². The van der Waals surface area contributed by atoms with Gasteiger partial charge in [-0.25, -0.2) is 4.79 Å². The minimum absolute atomic E-state index is 0.296. The zero-order valence-corrected chi connectivity index (χ0v) is 16.4. The fourth-order valence-corrected chi connectivity index (χ4v) is 2.47. The minimum Gasteiger partial charge on any atom is -0.490 e. The van der Waals surface area contributed by atoms with E-state index in [4.69, 9.17) is 14.2 Å². The third-order valence-electron chi connectivity index (χ3n) is 3.64. The molecule has 0 aromatic heterocycles. The maximum atomic E-state index is 12.2. The molecule has 0 spiro atoms. The van der Waals surface area contributed by atoms with E-state index in [0.717, 1.165) is 5.56 Å². The van der Waals surface area contributed by atoms with Gasteiger partial charge in [0.2, 0.25) is 5.91 Å². The summed E-state index contributed by atoms with van der Waals surface area (Å²) in [6.07, 6.45) is 3.10. The van der Waals surface area contributed by atoms with Crippen LogP contribution in [0.25, 0.3) is 6.08 Å². The molecule has 0 aliphatic carbocycles. The van der Waals surface area contributed by atoms with E-state index in [-0.39, 0.29) is 5.91 Å². The Kier molecular flexibility index (Phi) is 8.09. The Bertz CT molecular complexity index is 845. The van der Waals surface area contributed by atoms with Crippen molar-refractivity contribution in [3.63, 3.8) is 0 Å². The van der Waals surface area contributed by atoms with E-state index in [2.05, 4.69) is 5.32 Å². The van der Waals surface area contributed by atoms with Gasteiger partial charge in [0, 0.05) is 11.8 Å². The van der Waals surface area contributed by atoms with Gasteiger partial charge in [0.05, 0.1) is 25.4 Å². The summed E-state index contributed by atoms with van der Waals surface area (Å²) in [5, 5.41) is 2.73. The van der Waals surface area contributed by atoms with Crippen molar-refractivity contribution in [1.82, 2.24) is 0 Å². The van der Waals surface area contributed by atoms with Gasteiger partial charge in [-0.2, -0.15) is 0 Å². The maximum Gasteiger partial charge on any atom is 0.338 e. The van der Waals surface area contributed by atoms with Crippen LogP contribution in [-0.4, -0.2) is 31.7 Å². The van der Waals surface area contributed by atoms with Crippen molar-refractivity contribution in [3.8, 4) is 11.5 Å². The molecule has 28 heavy (non-hydrogen) atoms. The lowest BCUT2D eigenvalue weighted by Gasteiger charge is -2.11. The van der Waals surface area contributed by atoms with E-state index in [1.54, 1.807) is 37.3 Å². The molecular weight excluding hydrogens is 358 g/mol. The van der Waals surface area contributed by atoms with Crippen molar-refractivity contribution in [2.45, 2.75) is 20.8 Å². The summed E-state index contributed by atoms with van der Waals surface area (Å²) in [6.45, 7) is 6.91. The molecule has 1 N–H and O–H groups in total. The van der Waals surface area contributed by atoms with Crippen molar-refractivity contribution in [3.05, 3.63) is 59.7 Å². The van der Waals surface area contributed by atoms with Gasteiger partial charge in [-0.1, -0.05) is 12.1 Å². The summed E-state index contributed by atoms with van der Waals surface area (Å²) in [5.74, 6) is 0.565. The number of ether oxygens (including phenoxy) is 3. The quantitative estimate of drug-likeness (QED) is 0.516. The fourth-order valence-electron chi connectivity index (χ4n) is 2.47. The SMILES string of the molecule is CCOC(=O)c1cccc(NC(=O)/C=C/c2ccc(OCC)c(OCC)c2)c1. The van der Waals surface area contributed by atoms with E-state index >= 15 is 0 Å². The van der Waals surface area contributed by atoms with Crippen LogP contribution in [0.2, 0.25) is 0 Å². The lowest BCUT2D eigenvalue weighted by molar-refractivity contribution is -0.111. The molecule has 2 aromatic rings. The van der Waals surface area contributed by atoms with Gasteiger partial charge < -0.3 is 19.5 Å². The number of esters is 1. The summed E-state index contributed by atoms with van der Waals surface area (Å²) in [7, 11) is 0. The predicted octanol–water partition coefficient (Wildman–Crippen LogP) is 4.31. The second-order valence-electron chi connectivity index (χ2n) is 5.70. The highest BCUT2D eigenvalue weighted by atomic mass is 16.5. The standard InChI is InChI=1S/C22H25NO5/c1-4-26-19-12-10-16(14-20(19)27-5-2)11-13-21(24)23-18-9-7-8-17(15-18)22(25)28-6-3/h7-15H,4-6H2,1-3H3,(H,23,24)/b13-11+. The van der Waals surface area contributed by atoms with Crippen molar-refractivity contribution < 1.29 is 23.8 Å². The average Bonchev–Trinajstić information content (AvgIpc) is 2.69. The summed E-state index contributed by atoms with van der Waals surface area (Å²) in [6, 6.07) is 12.1. The molecule has 0 unspecified atom stereocenters. The Morgan fingerprint density at radius 3 is 2.39 bits per heavy atom. The highest BCUT2D eigenvalue weighted by molar-refractivity contribution is 6.02. The van der Waals surface area contributed by atoms with Crippen LogP contribution in [0.5, 0.6) is 11.5 Å². The molecular formula is C22H25NO5. The van der Waals surface area contributed by atoms with Gasteiger partial charge in [0.1, 0.15) is 0 Å². The van der Waals surface area contributed by atoms with Crippen LogP contribution < -0.4 is 14.8 Å². The van der Waals surface area contributed by atoms with Crippen LogP contribution in [0.1, 0.15) is 36.7 Å². The number of carbonyl (C=O) groups is 2. The second kappa shape index (κ2) is 10.8. The third kappa shape index (κ3) is 6.16. The Labute approximate surface area is 165 Å². The number of anilines is 1. The van der Waals surface area contributed by atoms with Crippen LogP contribution in [0.4, 0.5) is 5.69 Å². The number of amides is 1. The van der Waals surface area contributed by atoms with E-state index in [1.807, 2.05) is 32.0 Å². The molecule has 1 amide bonds. The van der Waals surface area contributed by atoms with E-state index in [9.17, 15) is 9.59 Å². The molecule has 148 valence electrons. The monoisotopic (exact) mass is 383 g/mol. The molecule has 0 atom stereocenters. The molecule has 2 aromatic carbocycles. The molecule has 6 nitrogen and oxygen atoms in total.